The summed E-state index contributed by atoms with van der Waals surface area (Å²) >= 11 is 0. The maximum atomic E-state index is 12.9. The highest BCUT2D eigenvalue weighted by atomic mass is 32.2. The van der Waals surface area contributed by atoms with E-state index in [1.807, 2.05) is 30.3 Å². The standard InChI is InChI=1S/C19H21N3O3S/c23-19(16-6-8-20-9-7-16)22-11-10-21(12-15-4-2-1-3-5-15)17-13-26(24,25)14-18(17)22/h1-9,17-18H,10-14H2/t17-,18+/m1/s1. The molecule has 136 valence electrons. The Bertz CT molecular complexity index is 887. The van der Waals surface area contributed by atoms with Crippen molar-refractivity contribution in [3.63, 3.8) is 0 Å². The number of fused-ring (bicyclic) bond motifs is 1. The van der Waals surface area contributed by atoms with Crippen LogP contribution >= 0.6 is 0 Å². The summed E-state index contributed by atoms with van der Waals surface area (Å²) < 4.78 is 24.6. The number of aromatic nitrogens is 1. The fourth-order valence-corrected chi connectivity index (χ4v) is 5.96. The Balaban J connectivity index is 1.59. The number of sulfone groups is 1. The zero-order chi connectivity index (χ0) is 18.1. The number of pyridine rings is 1. The lowest BCUT2D eigenvalue weighted by Crippen LogP contribution is -2.60. The summed E-state index contributed by atoms with van der Waals surface area (Å²) in [5.74, 6) is 0.0450. The number of hydrogen-bond donors (Lipinski definition) is 0. The number of rotatable bonds is 3. The van der Waals surface area contributed by atoms with Crippen molar-refractivity contribution < 1.29 is 13.2 Å². The third kappa shape index (κ3) is 3.37. The van der Waals surface area contributed by atoms with E-state index in [4.69, 9.17) is 0 Å². The van der Waals surface area contributed by atoms with Crippen molar-refractivity contribution in [3.8, 4) is 0 Å². The Hall–Kier alpha value is -2.25. The minimum atomic E-state index is -3.15. The molecule has 3 heterocycles. The predicted molar refractivity (Wildman–Crippen MR) is 98.4 cm³/mol. The van der Waals surface area contributed by atoms with Crippen LogP contribution in [0.5, 0.6) is 0 Å². The lowest BCUT2D eigenvalue weighted by Gasteiger charge is -2.44. The maximum Gasteiger partial charge on any atom is 0.254 e. The number of hydrogen-bond acceptors (Lipinski definition) is 5. The Morgan fingerprint density at radius 1 is 1.00 bits per heavy atom. The van der Waals surface area contributed by atoms with E-state index in [0.29, 0.717) is 25.2 Å². The van der Waals surface area contributed by atoms with E-state index in [-0.39, 0.29) is 29.5 Å². The molecule has 0 spiro atoms. The van der Waals surface area contributed by atoms with E-state index in [9.17, 15) is 13.2 Å². The minimum Gasteiger partial charge on any atom is -0.332 e. The zero-order valence-electron chi connectivity index (χ0n) is 14.4. The van der Waals surface area contributed by atoms with Crippen LogP contribution in [0.1, 0.15) is 15.9 Å². The summed E-state index contributed by atoms with van der Waals surface area (Å²) in [7, 11) is -3.15. The molecule has 7 heteroatoms. The Morgan fingerprint density at radius 2 is 1.69 bits per heavy atom. The van der Waals surface area contributed by atoms with Crippen molar-refractivity contribution in [1.82, 2.24) is 14.8 Å². The molecule has 26 heavy (non-hydrogen) atoms. The molecule has 1 aromatic carbocycles. The quantitative estimate of drug-likeness (QED) is 0.811. The molecular formula is C19H21N3O3S. The van der Waals surface area contributed by atoms with Crippen LogP contribution in [0.25, 0.3) is 0 Å². The van der Waals surface area contributed by atoms with Crippen LogP contribution in [0.2, 0.25) is 0 Å². The molecule has 0 saturated carbocycles. The van der Waals surface area contributed by atoms with Gasteiger partial charge in [0.25, 0.3) is 5.91 Å². The topological polar surface area (TPSA) is 70.6 Å². The second-order valence-electron chi connectivity index (χ2n) is 6.90. The number of benzene rings is 1. The van der Waals surface area contributed by atoms with E-state index in [1.165, 1.54) is 0 Å². The fraction of sp³-hybridized carbons (Fsp3) is 0.368. The summed E-state index contributed by atoms with van der Waals surface area (Å²) in [6.07, 6.45) is 3.17. The largest absolute Gasteiger partial charge is 0.332 e. The van der Waals surface area contributed by atoms with Gasteiger partial charge in [-0.1, -0.05) is 30.3 Å². The summed E-state index contributed by atoms with van der Waals surface area (Å²) in [5, 5.41) is 0. The molecule has 1 aromatic heterocycles. The molecule has 2 saturated heterocycles. The van der Waals surface area contributed by atoms with E-state index in [1.54, 1.807) is 29.4 Å². The van der Waals surface area contributed by atoms with Gasteiger partial charge < -0.3 is 4.90 Å². The third-order valence-corrected chi connectivity index (χ3v) is 6.91. The van der Waals surface area contributed by atoms with E-state index >= 15 is 0 Å². The average molecular weight is 371 g/mol. The molecule has 6 nitrogen and oxygen atoms in total. The average Bonchev–Trinajstić information content (AvgIpc) is 2.98. The SMILES string of the molecule is O=C(c1ccncc1)N1CCN(Cc2ccccc2)[C@@H]2CS(=O)(=O)C[C@@H]21. The molecule has 0 bridgehead atoms. The monoisotopic (exact) mass is 371 g/mol. The van der Waals surface area contributed by atoms with Gasteiger partial charge in [-0.3, -0.25) is 14.7 Å². The Kier molecular flexibility index (Phi) is 4.50. The molecular weight excluding hydrogens is 350 g/mol. The zero-order valence-corrected chi connectivity index (χ0v) is 15.2. The van der Waals surface area contributed by atoms with Crippen molar-refractivity contribution in [2.24, 2.45) is 0 Å². The first-order valence-electron chi connectivity index (χ1n) is 8.73. The predicted octanol–water partition coefficient (Wildman–Crippen LogP) is 1.21. The molecule has 2 aromatic rings. The minimum absolute atomic E-state index is 0.0414. The van der Waals surface area contributed by atoms with Gasteiger partial charge in [0.15, 0.2) is 9.84 Å². The van der Waals surface area contributed by atoms with Crippen molar-refractivity contribution in [2.75, 3.05) is 24.6 Å². The molecule has 0 N–H and O–H groups in total. The normalized spacial score (nSPS) is 25.0. The highest BCUT2D eigenvalue weighted by molar-refractivity contribution is 7.91. The van der Waals surface area contributed by atoms with Gasteiger partial charge in [0, 0.05) is 43.6 Å². The smallest absolute Gasteiger partial charge is 0.254 e. The van der Waals surface area contributed by atoms with Crippen molar-refractivity contribution in [2.45, 2.75) is 18.6 Å². The van der Waals surface area contributed by atoms with Gasteiger partial charge in [0.2, 0.25) is 0 Å². The van der Waals surface area contributed by atoms with Crippen LogP contribution in [-0.2, 0) is 16.4 Å². The van der Waals surface area contributed by atoms with Gasteiger partial charge in [0.1, 0.15) is 0 Å². The molecule has 4 rings (SSSR count). The molecule has 0 unspecified atom stereocenters. The molecule has 0 radical (unpaired) electrons. The van der Waals surface area contributed by atoms with Gasteiger partial charge >= 0.3 is 0 Å². The van der Waals surface area contributed by atoms with Gasteiger partial charge in [-0.25, -0.2) is 8.42 Å². The van der Waals surface area contributed by atoms with Crippen molar-refractivity contribution in [1.29, 1.82) is 0 Å². The molecule has 0 aliphatic carbocycles. The summed E-state index contributed by atoms with van der Waals surface area (Å²) in [4.78, 5) is 20.8. The van der Waals surface area contributed by atoms with E-state index in [2.05, 4.69) is 9.88 Å². The molecule has 2 fully saturated rings. The van der Waals surface area contributed by atoms with Crippen molar-refractivity contribution >= 4 is 15.7 Å². The second kappa shape index (κ2) is 6.81. The van der Waals surface area contributed by atoms with Crippen LogP contribution in [0.4, 0.5) is 0 Å². The van der Waals surface area contributed by atoms with E-state index < -0.39 is 9.84 Å². The van der Waals surface area contributed by atoms with E-state index in [0.717, 1.165) is 5.56 Å². The highest BCUT2D eigenvalue weighted by Crippen LogP contribution is 2.29. The van der Waals surface area contributed by atoms with Gasteiger partial charge in [-0.2, -0.15) is 0 Å². The summed E-state index contributed by atoms with van der Waals surface area (Å²) in [5.41, 5.74) is 1.71. The van der Waals surface area contributed by atoms with Gasteiger partial charge in [-0.05, 0) is 17.7 Å². The van der Waals surface area contributed by atoms with Crippen LogP contribution < -0.4 is 0 Å². The van der Waals surface area contributed by atoms with Crippen LogP contribution in [-0.4, -0.2) is 65.8 Å². The highest BCUT2D eigenvalue weighted by Gasteiger charge is 2.48. The summed E-state index contributed by atoms with van der Waals surface area (Å²) in [6.45, 7) is 1.90. The fourth-order valence-electron chi connectivity index (χ4n) is 3.95. The van der Waals surface area contributed by atoms with Gasteiger partial charge in [-0.15, -0.1) is 0 Å². The first-order chi connectivity index (χ1) is 12.5. The molecule has 1 amide bonds. The van der Waals surface area contributed by atoms with Crippen LogP contribution in [0.3, 0.4) is 0 Å². The van der Waals surface area contributed by atoms with Crippen molar-refractivity contribution in [3.05, 3.63) is 66.0 Å². The Labute approximate surface area is 153 Å². The third-order valence-electron chi connectivity index (χ3n) is 5.21. The first-order valence-corrected chi connectivity index (χ1v) is 10.5. The summed E-state index contributed by atoms with van der Waals surface area (Å²) in [6, 6.07) is 13.0. The number of amides is 1. The Morgan fingerprint density at radius 3 is 2.42 bits per heavy atom. The lowest BCUT2D eigenvalue weighted by atomic mass is 10.0. The number of carbonyl (C=O) groups is 1. The van der Waals surface area contributed by atoms with Gasteiger partial charge in [0.05, 0.1) is 17.5 Å². The molecule has 2 aliphatic heterocycles. The number of piperazine rings is 1. The second-order valence-corrected chi connectivity index (χ2v) is 9.06. The maximum absolute atomic E-state index is 12.9. The van der Waals surface area contributed by atoms with Crippen LogP contribution in [0.15, 0.2) is 54.9 Å². The first kappa shape index (κ1) is 17.2. The van der Waals surface area contributed by atoms with Crippen LogP contribution in [0, 0.1) is 0 Å². The number of nitrogens with zero attached hydrogens (tertiary/aromatic N) is 3. The molecule has 2 atom stereocenters. The molecule has 2 aliphatic rings. The lowest BCUT2D eigenvalue weighted by molar-refractivity contribution is 0.0306. The number of carbonyl (C=O) groups excluding carboxylic acids is 1.